The average Bonchev–Trinajstić information content (AvgIpc) is 2.95. The fourth-order valence-electron chi connectivity index (χ4n) is 1.34. The smallest absolute Gasteiger partial charge is 0.164 e. The van der Waals surface area contributed by atoms with Gasteiger partial charge in [0.15, 0.2) is 3.77 Å². The summed E-state index contributed by atoms with van der Waals surface area (Å²) in [4.78, 5) is 0. The molecule has 0 radical (unpaired) electrons. The number of hydrogen-bond acceptors (Lipinski definition) is 3. The Bertz CT molecular complexity index is 297. The topological polar surface area (TPSA) is 34.4 Å². The molecule has 0 aromatic carbocycles. The Labute approximate surface area is 104 Å². The second kappa shape index (κ2) is 5.86. The lowest BCUT2D eigenvalue weighted by molar-refractivity contribution is 0.125. The molecule has 84 valence electrons. The fraction of sp³-hybridized carbons (Fsp3) is 0.636. The number of ether oxygens (including phenoxy) is 1. The van der Waals surface area contributed by atoms with Crippen molar-refractivity contribution in [2.24, 2.45) is 5.92 Å². The molecule has 2 rings (SSSR count). The van der Waals surface area contributed by atoms with E-state index in [-0.39, 0.29) is 0 Å². The number of halogens is 1. The Morgan fingerprint density at radius 1 is 1.47 bits per heavy atom. The third kappa shape index (κ3) is 4.53. The van der Waals surface area contributed by atoms with Gasteiger partial charge >= 0.3 is 0 Å². The van der Waals surface area contributed by atoms with Gasteiger partial charge in [-0.3, -0.25) is 0 Å². The van der Waals surface area contributed by atoms with Gasteiger partial charge in [0.05, 0.1) is 13.2 Å². The van der Waals surface area contributed by atoms with E-state index in [1.54, 1.807) is 0 Å². The number of hydrogen-bond donors (Lipinski definition) is 1. The van der Waals surface area contributed by atoms with Crippen molar-refractivity contribution in [2.45, 2.75) is 19.4 Å². The first-order valence-corrected chi connectivity index (χ1v) is 6.45. The van der Waals surface area contributed by atoms with E-state index in [9.17, 15) is 0 Å². The van der Waals surface area contributed by atoms with Crippen LogP contribution < -0.4 is 5.32 Å². The zero-order chi connectivity index (χ0) is 10.5. The van der Waals surface area contributed by atoms with Gasteiger partial charge in [0.2, 0.25) is 0 Å². The molecule has 0 atom stereocenters. The number of rotatable bonds is 7. The summed E-state index contributed by atoms with van der Waals surface area (Å²) >= 11 is 2.17. The SMILES string of the molecule is Ic1ccc(CNCCOCC2CC2)o1. The molecule has 3 nitrogen and oxygen atoms in total. The zero-order valence-corrected chi connectivity index (χ0v) is 10.8. The highest BCUT2D eigenvalue weighted by atomic mass is 127. The molecule has 4 heteroatoms. The molecule has 1 aliphatic rings. The van der Waals surface area contributed by atoms with Gasteiger partial charge < -0.3 is 14.5 Å². The normalized spacial score (nSPS) is 15.8. The van der Waals surface area contributed by atoms with Crippen molar-refractivity contribution in [1.29, 1.82) is 0 Å². The van der Waals surface area contributed by atoms with Crippen LogP contribution >= 0.6 is 22.6 Å². The lowest BCUT2D eigenvalue weighted by Gasteiger charge is -2.03. The minimum Gasteiger partial charge on any atom is -0.454 e. The van der Waals surface area contributed by atoms with Crippen LogP contribution in [-0.4, -0.2) is 19.8 Å². The summed E-state index contributed by atoms with van der Waals surface area (Å²) in [7, 11) is 0. The maximum absolute atomic E-state index is 5.51. The molecule has 1 N–H and O–H groups in total. The average molecular weight is 321 g/mol. The van der Waals surface area contributed by atoms with Crippen molar-refractivity contribution in [3.63, 3.8) is 0 Å². The standard InChI is InChI=1S/C11H16INO2/c12-11-4-3-10(15-11)7-13-5-6-14-8-9-1-2-9/h3-4,9,13H,1-2,5-8H2. The van der Waals surface area contributed by atoms with E-state index in [1.807, 2.05) is 12.1 Å². The molecule has 0 amide bonds. The zero-order valence-electron chi connectivity index (χ0n) is 8.67. The van der Waals surface area contributed by atoms with Crippen LogP contribution in [-0.2, 0) is 11.3 Å². The molecule has 1 aromatic heterocycles. The van der Waals surface area contributed by atoms with Crippen molar-refractivity contribution in [1.82, 2.24) is 5.32 Å². The van der Waals surface area contributed by atoms with Crippen LogP contribution in [0, 0.1) is 9.68 Å². The summed E-state index contributed by atoms with van der Waals surface area (Å²) in [5.74, 6) is 1.85. The highest BCUT2D eigenvalue weighted by Crippen LogP contribution is 2.28. The maximum atomic E-state index is 5.51. The first-order chi connectivity index (χ1) is 7.34. The molecule has 1 fully saturated rings. The Kier molecular flexibility index (Phi) is 4.46. The monoisotopic (exact) mass is 321 g/mol. The lowest BCUT2D eigenvalue weighted by Crippen LogP contribution is -2.19. The molecule has 15 heavy (non-hydrogen) atoms. The van der Waals surface area contributed by atoms with E-state index >= 15 is 0 Å². The minimum atomic E-state index is 0.787. The molecule has 0 saturated heterocycles. The van der Waals surface area contributed by atoms with Crippen LogP contribution in [0.15, 0.2) is 16.5 Å². The van der Waals surface area contributed by atoms with Crippen molar-refractivity contribution < 1.29 is 9.15 Å². The summed E-state index contributed by atoms with van der Waals surface area (Å²) in [6.45, 7) is 3.43. The van der Waals surface area contributed by atoms with Gasteiger partial charge in [0.25, 0.3) is 0 Å². The van der Waals surface area contributed by atoms with E-state index in [4.69, 9.17) is 9.15 Å². The Morgan fingerprint density at radius 2 is 2.33 bits per heavy atom. The third-order valence-electron chi connectivity index (χ3n) is 2.40. The molecule has 1 aliphatic carbocycles. The van der Waals surface area contributed by atoms with E-state index in [1.165, 1.54) is 12.8 Å². The number of nitrogens with one attached hydrogen (secondary N) is 1. The third-order valence-corrected chi connectivity index (χ3v) is 2.98. The van der Waals surface area contributed by atoms with Crippen LogP contribution in [0.5, 0.6) is 0 Å². The first kappa shape index (κ1) is 11.4. The quantitative estimate of drug-likeness (QED) is 0.619. The van der Waals surface area contributed by atoms with E-state index in [0.717, 1.165) is 41.7 Å². The summed E-state index contributed by atoms with van der Waals surface area (Å²) < 4.78 is 11.9. The van der Waals surface area contributed by atoms with Crippen LogP contribution in [0.3, 0.4) is 0 Å². The molecule has 1 saturated carbocycles. The largest absolute Gasteiger partial charge is 0.454 e. The molecule has 1 aromatic rings. The molecular weight excluding hydrogens is 305 g/mol. The van der Waals surface area contributed by atoms with Gasteiger partial charge in [0, 0.05) is 13.2 Å². The first-order valence-electron chi connectivity index (χ1n) is 5.37. The van der Waals surface area contributed by atoms with Gasteiger partial charge in [-0.25, -0.2) is 0 Å². The second-order valence-corrected chi connectivity index (χ2v) is 4.96. The maximum Gasteiger partial charge on any atom is 0.164 e. The molecule has 0 bridgehead atoms. The molecule has 1 heterocycles. The highest BCUT2D eigenvalue weighted by Gasteiger charge is 2.20. The van der Waals surface area contributed by atoms with Crippen molar-refractivity contribution >= 4 is 22.6 Å². The van der Waals surface area contributed by atoms with Crippen molar-refractivity contribution in [2.75, 3.05) is 19.8 Å². The van der Waals surface area contributed by atoms with Crippen LogP contribution in [0.4, 0.5) is 0 Å². The van der Waals surface area contributed by atoms with E-state index in [0.29, 0.717) is 0 Å². The minimum absolute atomic E-state index is 0.787. The number of furan rings is 1. The fourth-order valence-corrected chi connectivity index (χ4v) is 1.80. The van der Waals surface area contributed by atoms with Crippen molar-refractivity contribution in [3.05, 3.63) is 21.7 Å². The van der Waals surface area contributed by atoms with E-state index in [2.05, 4.69) is 27.9 Å². The second-order valence-electron chi connectivity index (χ2n) is 3.90. The van der Waals surface area contributed by atoms with Gasteiger partial charge in [0.1, 0.15) is 5.76 Å². The van der Waals surface area contributed by atoms with Crippen LogP contribution in [0.25, 0.3) is 0 Å². The Balaban J connectivity index is 1.47. The summed E-state index contributed by atoms with van der Waals surface area (Å²) in [5, 5.41) is 3.29. The van der Waals surface area contributed by atoms with Crippen molar-refractivity contribution in [3.8, 4) is 0 Å². The predicted molar refractivity (Wildman–Crippen MR) is 66.7 cm³/mol. The van der Waals surface area contributed by atoms with Gasteiger partial charge in [-0.1, -0.05) is 0 Å². The molecule has 0 spiro atoms. The van der Waals surface area contributed by atoms with Crippen LogP contribution in [0.2, 0.25) is 0 Å². The van der Waals surface area contributed by atoms with Gasteiger partial charge in [-0.2, -0.15) is 0 Å². The Hall–Kier alpha value is -0.0700. The highest BCUT2D eigenvalue weighted by molar-refractivity contribution is 14.1. The predicted octanol–water partition coefficient (Wildman–Crippen LogP) is 2.40. The van der Waals surface area contributed by atoms with E-state index < -0.39 is 0 Å². The summed E-state index contributed by atoms with van der Waals surface area (Å²) in [5.41, 5.74) is 0. The lowest BCUT2D eigenvalue weighted by atomic mass is 10.4. The van der Waals surface area contributed by atoms with Gasteiger partial charge in [-0.15, -0.1) is 0 Å². The molecule has 0 aliphatic heterocycles. The molecule has 0 unspecified atom stereocenters. The Morgan fingerprint density at radius 3 is 3.00 bits per heavy atom. The summed E-state index contributed by atoms with van der Waals surface area (Å²) in [6, 6.07) is 3.97. The molecular formula is C11H16INO2. The summed E-state index contributed by atoms with van der Waals surface area (Å²) in [6.07, 6.45) is 2.72. The van der Waals surface area contributed by atoms with Gasteiger partial charge in [-0.05, 0) is 53.5 Å². The van der Waals surface area contributed by atoms with Crippen LogP contribution in [0.1, 0.15) is 18.6 Å².